The number of primary sulfonamides is 1. The molecule has 0 unspecified atom stereocenters. The summed E-state index contributed by atoms with van der Waals surface area (Å²) in [4.78, 5) is 14.4. The molecule has 1 aromatic carbocycles. The van der Waals surface area contributed by atoms with Crippen molar-refractivity contribution in [2.24, 2.45) is 5.14 Å². The van der Waals surface area contributed by atoms with Crippen LogP contribution in [0.25, 0.3) is 0 Å². The second-order valence-corrected chi connectivity index (χ2v) is 7.53. The van der Waals surface area contributed by atoms with E-state index in [1.54, 1.807) is 24.8 Å². The first kappa shape index (κ1) is 16.6. The van der Waals surface area contributed by atoms with Gasteiger partial charge in [0, 0.05) is 18.7 Å². The van der Waals surface area contributed by atoms with E-state index in [4.69, 9.17) is 5.14 Å². The maximum absolute atomic E-state index is 12.8. The van der Waals surface area contributed by atoms with Crippen molar-refractivity contribution in [2.75, 3.05) is 6.54 Å². The molecule has 8 nitrogen and oxygen atoms in total. The number of nitrogens with zero attached hydrogens (tertiary/aromatic N) is 4. The minimum absolute atomic E-state index is 0.0122. The molecule has 1 aliphatic heterocycles. The zero-order chi connectivity index (χ0) is 17.6. The molecule has 0 saturated carbocycles. The molecule has 2 N–H and O–H groups in total. The van der Waals surface area contributed by atoms with Crippen molar-refractivity contribution in [1.29, 1.82) is 0 Å². The van der Waals surface area contributed by atoms with Crippen LogP contribution in [0.1, 0.15) is 33.1 Å². The zero-order valence-corrected chi connectivity index (χ0v) is 14.6. The van der Waals surface area contributed by atoms with Crippen LogP contribution in [0.3, 0.4) is 0 Å². The van der Waals surface area contributed by atoms with Crippen LogP contribution in [0.15, 0.2) is 17.0 Å². The molecule has 1 aromatic heterocycles. The average molecular weight is 349 g/mol. The molecule has 0 bridgehead atoms. The summed E-state index contributed by atoms with van der Waals surface area (Å²) in [5.41, 5.74) is 1.58. The van der Waals surface area contributed by atoms with Crippen molar-refractivity contribution in [3.05, 3.63) is 40.5 Å². The third-order valence-electron chi connectivity index (χ3n) is 4.40. The third kappa shape index (κ3) is 2.80. The van der Waals surface area contributed by atoms with E-state index in [0.29, 0.717) is 36.3 Å². The number of aryl methyl sites for hydroxylation is 2. The van der Waals surface area contributed by atoms with E-state index in [1.807, 2.05) is 11.5 Å². The summed E-state index contributed by atoms with van der Waals surface area (Å²) in [6.07, 6.45) is 0. The molecular weight excluding hydrogens is 330 g/mol. The number of nitrogens with two attached hydrogens (primary N) is 1. The van der Waals surface area contributed by atoms with Crippen LogP contribution < -0.4 is 5.14 Å². The van der Waals surface area contributed by atoms with Gasteiger partial charge in [-0.3, -0.25) is 4.79 Å². The second-order valence-electron chi connectivity index (χ2n) is 6.00. The van der Waals surface area contributed by atoms with E-state index in [9.17, 15) is 13.2 Å². The SMILES string of the molecule is Cc1cc(C(=O)N2CCn3c(C)nnc3C2)cc(S(N)(=O)=O)c1C. The number of benzene rings is 1. The number of carbonyl (C=O) groups is 1. The summed E-state index contributed by atoms with van der Waals surface area (Å²) in [7, 11) is -3.89. The topological polar surface area (TPSA) is 111 Å². The van der Waals surface area contributed by atoms with E-state index in [1.165, 1.54) is 6.07 Å². The largest absolute Gasteiger partial charge is 0.329 e. The zero-order valence-electron chi connectivity index (χ0n) is 13.8. The van der Waals surface area contributed by atoms with Crippen LogP contribution in [0.2, 0.25) is 0 Å². The number of rotatable bonds is 2. The Hall–Kier alpha value is -2.26. The van der Waals surface area contributed by atoms with Crippen LogP contribution >= 0.6 is 0 Å². The number of hydrogen-bond acceptors (Lipinski definition) is 5. The highest BCUT2D eigenvalue weighted by atomic mass is 32.2. The molecule has 3 rings (SSSR count). The van der Waals surface area contributed by atoms with Crippen LogP contribution in [0, 0.1) is 20.8 Å². The van der Waals surface area contributed by atoms with Gasteiger partial charge in [-0.05, 0) is 44.0 Å². The quantitative estimate of drug-likeness (QED) is 0.849. The number of carbonyl (C=O) groups excluding carboxylic acids is 1. The Labute approximate surface area is 140 Å². The first-order chi connectivity index (χ1) is 11.2. The maximum Gasteiger partial charge on any atom is 0.254 e. The van der Waals surface area contributed by atoms with Crippen molar-refractivity contribution in [3.63, 3.8) is 0 Å². The molecule has 24 heavy (non-hydrogen) atoms. The summed E-state index contributed by atoms with van der Waals surface area (Å²) in [5.74, 6) is 1.30. The fourth-order valence-corrected chi connectivity index (χ4v) is 3.78. The van der Waals surface area contributed by atoms with E-state index in [2.05, 4.69) is 10.2 Å². The van der Waals surface area contributed by atoms with Gasteiger partial charge in [0.15, 0.2) is 5.82 Å². The van der Waals surface area contributed by atoms with Crippen LogP contribution in [-0.4, -0.2) is 40.5 Å². The van der Waals surface area contributed by atoms with Gasteiger partial charge in [-0.1, -0.05) is 0 Å². The van der Waals surface area contributed by atoms with Crippen molar-refractivity contribution in [2.45, 2.75) is 38.8 Å². The molecule has 2 heterocycles. The van der Waals surface area contributed by atoms with E-state index >= 15 is 0 Å². The molecule has 0 aliphatic carbocycles. The predicted molar refractivity (Wildman–Crippen MR) is 86.8 cm³/mol. The van der Waals surface area contributed by atoms with Crippen LogP contribution in [0.5, 0.6) is 0 Å². The summed E-state index contributed by atoms with van der Waals surface area (Å²) >= 11 is 0. The molecule has 1 aliphatic rings. The van der Waals surface area contributed by atoms with Crippen molar-refractivity contribution >= 4 is 15.9 Å². The standard InChI is InChI=1S/C15H19N5O3S/c1-9-6-12(7-13(10(9)2)24(16,22)23)15(21)19-4-5-20-11(3)17-18-14(20)8-19/h6-7H,4-5,8H2,1-3H3,(H2,16,22,23). The fraction of sp³-hybridized carbons (Fsp3) is 0.400. The van der Waals surface area contributed by atoms with Crippen LogP contribution in [0.4, 0.5) is 0 Å². The molecule has 0 spiro atoms. The van der Waals surface area contributed by atoms with E-state index < -0.39 is 10.0 Å². The van der Waals surface area contributed by atoms with Gasteiger partial charge in [0.1, 0.15) is 5.82 Å². The number of hydrogen-bond donors (Lipinski definition) is 1. The molecule has 0 atom stereocenters. The molecule has 0 radical (unpaired) electrons. The highest BCUT2D eigenvalue weighted by molar-refractivity contribution is 7.89. The Balaban J connectivity index is 1.95. The molecule has 0 saturated heterocycles. The van der Waals surface area contributed by atoms with E-state index in [-0.39, 0.29) is 10.8 Å². The molecular formula is C15H19N5O3S. The minimum Gasteiger partial charge on any atom is -0.329 e. The molecule has 0 fully saturated rings. The van der Waals surface area contributed by atoms with Gasteiger partial charge >= 0.3 is 0 Å². The van der Waals surface area contributed by atoms with Gasteiger partial charge in [-0.15, -0.1) is 10.2 Å². The lowest BCUT2D eigenvalue weighted by molar-refractivity contribution is 0.0706. The Morgan fingerprint density at radius 3 is 2.54 bits per heavy atom. The maximum atomic E-state index is 12.8. The van der Waals surface area contributed by atoms with Gasteiger partial charge in [0.05, 0.1) is 11.4 Å². The minimum atomic E-state index is -3.89. The summed E-state index contributed by atoms with van der Waals surface area (Å²) in [6.45, 7) is 6.79. The smallest absolute Gasteiger partial charge is 0.254 e. The summed E-state index contributed by atoms with van der Waals surface area (Å²) < 4.78 is 25.5. The number of sulfonamides is 1. The van der Waals surface area contributed by atoms with Gasteiger partial charge in [0.2, 0.25) is 10.0 Å². The van der Waals surface area contributed by atoms with Crippen molar-refractivity contribution in [3.8, 4) is 0 Å². The average Bonchev–Trinajstić information content (AvgIpc) is 2.88. The molecule has 1 amide bonds. The number of fused-ring (bicyclic) bond motifs is 1. The lowest BCUT2D eigenvalue weighted by atomic mass is 10.0. The third-order valence-corrected chi connectivity index (χ3v) is 5.44. The van der Waals surface area contributed by atoms with Gasteiger partial charge in [-0.25, -0.2) is 13.6 Å². The number of amides is 1. The van der Waals surface area contributed by atoms with E-state index in [0.717, 1.165) is 11.6 Å². The molecule has 9 heteroatoms. The van der Waals surface area contributed by atoms with Crippen LogP contribution in [-0.2, 0) is 23.1 Å². The highest BCUT2D eigenvalue weighted by Gasteiger charge is 2.26. The fourth-order valence-electron chi connectivity index (χ4n) is 2.91. The Morgan fingerprint density at radius 1 is 1.17 bits per heavy atom. The van der Waals surface area contributed by atoms with Crippen molar-refractivity contribution < 1.29 is 13.2 Å². The van der Waals surface area contributed by atoms with Crippen molar-refractivity contribution in [1.82, 2.24) is 19.7 Å². The summed E-state index contributed by atoms with van der Waals surface area (Å²) in [6, 6.07) is 3.04. The molecule has 2 aromatic rings. The lowest BCUT2D eigenvalue weighted by Crippen LogP contribution is -2.38. The lowest BCUT2D eigenvalue weighted by Gasteiger charge is -2.28. The summed E-state index contributed by atoms with van der Waals surface area (Å²) in [5, 5.41) is 13.4. The molecule has 128 valence electrons. The normalized spacial score (nSPS) is 14.6. The Morgan fingerprint density at radius 2 is 1.88 bits per heavy atom. The monoisotopic (exact) mass is 349 g/mol. The van der Waals surface area contributed by atoms with Gasteiger partial charge in [-0.2, -0.15) is 0 Å². The second kappa shape index (κ2) is 5.67. The Kier molecular flexibility index (Phi) is 3.92. The predicted octanol–water partition coefficient (Wildman–Crippen LogP) is 0.507. The highest BCUT2D eigenvalue weighted by Crippen LogP contribution is 2.22. The van der Waals surface area contributed by atoms with Gasteiger partial charge in [0.25, 0.3) is 5.91 Å². The number of aromatic nitrogens is 3. The Bertz CT molecular complexity index is 933. The van der Waals surface area contributed by atoms with Gasteiger partial charge < -0.3 is 9.47 Å². The first-order valence-electron chi connectivity index (χ1n) is 7.50. The first-order valence-corrected chi connectivity index (χ1v) is 9.05.